The number of nitrogens with zero attached hydrogens (tertiary/aromatic N) is 2. The largest absolute Gasteiger partial charge is 0.376 e. The molecular weight excluding hydrogens is 346 g/mol. The molecule has 1 aliphatic heterocycles. The highest BCUT2D eigenvalue weighted by Gasteiger charge is 2.27. The first-order valence-corrected chi connectivity index (χ1v) is 9.77. The predicted octanol–water partition coefficient (Wildman–Crippen LogP) is 2.86. The molecule has 1 N–H and O–H groups in total. The van der Waals surface area contributed by atoms with Crippen LogP contribution in [0.5, 0.6) is 0 Å². The van der Waals surface area contributed by atoms with Crippen LogP contribution in [-0.2, 0) is 9.84 Å². The minimum Gasteiger partial charge on any atom is -0.376 e. The van der Waals surface area contributed by atoms with Gasteiger partial charge in [0.15, 0.2) is 9.84 Å². The molecule has 1 saturated heterocycles. The van der Waals surface area contributed by atoms with Crippen LogP contribution in [0.2, 0.25) is 0 Å². The summed E-state index contributed by atoms with van der Waals surface area (Å²) in [5, 5.41) is 18.4. The Balaban J connectivity index is 1.94. The van der Waals surface area contributed by atoms with E-state index in [1.807, 2.05) is 0 Å². The maximum absolute atomic E-state index is 11.8. The topological polar surface area (TPSA) is 115 Å². The van der Waals surface area contributed by atoms with Crippen LogP contribution < -0.4 is 5.32 Å². The highest BCUT2D eigenvalue weighted by molar-refractivity contribution is 7.91. The van der Waals surface area contributed by atoms with Gasteiger partial charge in [-0.15, -0.1) is 0 Å². The van der Waals surface area contributed by atoms with Crippen molar-refractivity contribution < 1.29 is 17.9 Å². The summed E-state index contributed by atoms with van der Waals surface area (Å²) in [6, 6.07) is 4.51. The van der Waals surface area contributed by atoms with Crippen molar-refractivity contribution in [1.82, 2.24) is 5.16 Å². The molecular formula is C16H19N3O5S. The van der Waals surface area contributed by atoms with E-state index in [0.717, 1.165) is 5.56 Å². The van der Waals surface area contributed by atoms with Crippen molar-refractivity contribution in [2.75, 3.05) is 16.8 Å². The summed E-state index contributed by atoms with van der Waals surface area (Å²) < 4.78 is 28.6. The van der Waals surface area contributed by atoms with Gasteiger partial charge in [-0.2, -0.15) is 0 Å². The highest BCUT2D eigenvalue weighted by atomic mass is 32.2. The normalized spacial score (nSPS) is 19.5. The number of nitrogens with one attached hydrogen (secondary N) is 1. The fourth-order valence-corrected chi connectivity index (χ4v) is 4.85. The molecule has 2 heterocycles. The van der Waals surface area contributed by atoms with E-state index in [2.05, 4.69) is 10.5 Å². The Morgan fingerprint density at radius 3 is 2.72 bits per heavy atom. The number of sulfone groups is 1. The van der Waals surface area contributed by atoms with E-state index in [9.17, 15) is 18.5 Å². The van der Waals surface area contributed by atoms with Crippen molar-refractivity contribution in [3.05, 3.63) is 39.8 Å². The fourth-order valence-electron chi connectivity index (χ4n) is 3.21. The SMILES string of the molecule is Cc1noc(C)c1-c1ccc(NC2CCCS(=O)(=O)C2)c([N+](=O)[O-])c1. The van der Waals surface area contributed by atoms with Crippen LogP contribution in [-0.4, -0.2) is 36.0 Å². The van der Waals surface area contributed by atoms with Crippen molar-refractivity contribution in [1.29, 1.82) is 0 Å². The summed E-state index contributed by atoms with van der Waals surface area (Å²) in [4.78, 5) is 11.0. The lowest BCUT2D eigenvalue weighted by atomic mass is 10.0. The zero-order valence-electron chi connectivity index (χ0n) is 14.0. The Kier molecular flexibility index (Phi) is 4.51. The maximum atomic E-state index is 11.8. The average molecular weight is 365 g/mol. The zero-order valence-corrected chi connectivity index (χ0v) is 14.8. The second-order valence-electron chi connectivity index (χ2n) is 6.29. The van der Waals surface area contributed by atoms with Gasteiger partial charge in [0.1, 0.15) is 11.4 Å². The van der Waals surface area contributed by atoms with Gasteiger partial charge in [-0.1, -0.05) is 11.2 Å². The number of hydrogen-bond acceptors (Lipinski definition) is 7. The Morgan fingerprint density at radius 2 is 2.12 bits per heavy atom. The summed E-state index contributed by atoms with van der Waals surface area (Å²) in [5.74, 6) is 0.763. The van der Waals surface area contributed by atoms with Gasteiger partial charge in [-0.3, -0.25) is 10.1 Å². The molecule has 1 aromatic heterocycles. The van der Waals surface area contributed by atoms with E-state index in [1.165, 1.54) is 6.07 Å². The second kappa shape index (κ2) is 6.47. The number of benzene rings is 1. The molecule has 1 unspecified atom stereocenters. The Bertz CT molecular complexity index is 900. The van der Waals surface area contributed by atoms with Crippen LogP contribution >= 0.6 is 0 Å². The summed E-state index contributed by atoms with van der Waals surface area (Å²) >= 11 is 0. The monoisotopic (exact) mass is 365 g/mol. The molecule has 0 spiro atoms. The lowest BCUT2D eigenvalue weighted by Gasteiger charge is -2.24. The van der Waals surface area contributed by atoms with Gasteiger partial charge in [0.05, 0.1) is 22.1 Å². The Labute approximate surface area is 145 Å². The maximum Gasteiger partial charge on any atom is 0.292 e. The molecule has 25 heavy (non-hydrogen) atoms. The molecule has 0 amide bonds. The highest BCUT2D eigenvalue weighted by Crippen LogP contribution is 2.34. The third-order valence-corrected chi connectivity index (χ3v) is 6.16. The minimum absolute atomic E-state index is 0.00419. The van der Waals surface area contributed by atoms with Gasteiger partial charge in [-0.05, 0) is 38.3 Å². The quantitative estimate of drug-likeness (QED) is 0.654. The Morgan fingerprint density at radius 1 is 1.36 bits per heavy atom. The van der Waals surface area contributed by atoms with Gasteiger partial charge >= 0.3 is 0 Å². The molecule has 0 aliphatic carbocycles. The molecule has 134 valence electrons. The first-order chi connectivity index (χ1) is 11.8. The van der Waals surface area contributed by atoms with Crippen molar-refractivity contribution in [2.24, 2.45) is 0 Å². The number of aryl methyl sites for hydroxylation is 2. The van der Waals surface area contributed by atoms with Gasteiger partial charge in [0, 0.05) is 17.7 Å². The van der Waals surface area contributed by atoms with E-state index < -0.39 is 14.8 Å². The fraction of sp³-hybridized carbons (Fsp3) is 0.438. The van der Waals surface area contributed by atoms with Gasteiger partial charge in [-0.25, -0.2) is 8.42 Å². The standard InChI is InChI=1S/C16H19N3O5S/c1-10-16(11(2)24-18-10)12-5-6-14(15(8-12)19(20)21)17-13-4-3-7-25(22,23)9-13/h5-6,8,13,17H,3-4,7,9H2,1-2H3. The molecule has 3 rings (SSSR count). The molecule has 0 bridgehead atoms. The van der Waals surface area contributed by atoms with Crippen LogP contribution in [0.4, 0.5) is 11.4 Å². The van der Waals surface area contributed by atoms with E-state index in [0.29, 0.717) is 35.5 Å². The van der Waals surface area contributed by atoms with E-state index >= 15 is 0 Å². The minimum atomic E-state index is -3.09. The molecule has 8 nitrogen and oxygen atoms in total. The first-order valence-electron chi connectivity index (χ1n) is 7.95. The molecule has 9 heteroatoms. The molecule has 1 aromatic carbocycles. The van der Waals surface area contributed by atoms with E-state index in [1.54, 1.807) is 26.0 Å². The van der Waals surface area contributed by atoms with Gasteiger partial charge in [0.2, 0.25) is 0 Å². The molecule has 1 aliphatic rings. The first kappa shape index (κ1) is 17.4. The van der Waals surface area contributed by atoms with Crippen LogP contribution in [0.15, 0.2) is 22.7 Å². The Hall–Kier alpha value is -2.42. The molecule has 1 fully saturated rings. The number of aromatic nitrogens is 1. The number of hydrogen-bond donors (Lipinski definition) is 1. The van der Waals surface area contributed by atoms with Crippen LogP contribution in [0.3, 0.4) is 0 Å². The second-order valence-corrected chi connectivity index (χ2v) is 8.51. The lowest BCUT2D eigenvalue weighted by molar-refractivity contribution is -0.383. The number of nitro benzene ring substituents is 1. The molecule has 0 saturated carbocycles. The zero-order chi connectivity index (χ0) is 18.2. The summed E-state index contributed by atoms with van der Waals surface area (Å²) in [6.07, 6.45) is 1.23. The number of rotatable bonds is 4. The van der Waals surface area contributed by atoms with Crippen LogP contribution in [0, 0.1) is 24.0 Å². The summed E-state index contributed by atoms with van der Waals surface area (Å²) in [7, 11) is -3.09. The molecule has 1 atom stereocenters. The lowest BCUT2D eigenvalue weighted by Crippen LogP contribution is -2.34. The average Bonchev–Trinajstić information content (AvgIpc) is 2.86. The van der Waals surface area contributed by atoms with Crippen LogP contribution in [0.25, 0.3) is 11.1 Å². The van der Waals surface area contributed by atoms with E-state index in [4.69, 9.17) is 4.52 Å². The van der Waals surface area contributed by atoms with Crippen molar-refractivity contribution in [3.8, 4) is 11.1 Å². The molecule has 0 radical (unpaired) electrons. The van der Waals surface area contributed by atoms with Crippen molar-refractivity contribution >= 4 is 21.2 Å². The predicted molar refractivity (Wildman–Crippen MR) is 93.4 cm³/mol. The summed E-state index contributed by atoms with van der Waals surface area (Å²) in [5.41, 5.74) is 2.26. The summed E-state index contributed by atoms with van der Waals surface area (Å²) in [6.45, 7) is 3.52. The number of anilines is 1. The van der Waals surface area contributed by atoms with Gasteiger partial charge in [0.25, 0.3) is 5.69 Å². The molecule has 2 aromatic rings. The third-order valence-electron chi connectivity index (χ3n) is 4.34. The van der Waals surface area contributed by atoms with E-state index in [-0.39, 0.29) is 23.2 Å². The van der Waals surface area contributed by atoms with Gasteiger partial charge < -0.3 is 9.84 Å². The number of nitro groups is 1. The van der Waals surface area contributed by atoms with Crippen molar-refractivity contribution in [3.63, 3.8) is 0 Å². The van der Waals surface area contributed by atoms with Crippen LogP contribution in [0.1, 0.15) is 24.3 Å². The smallest absolute Gasteiger partial charge is 0.292 e. The van der Waals surface area contributed by atoms with Crippen molar-refractivity contribution in [2.45, 2.75) is 32.7 Å². The third kappa shape index (κ3) is 3.65.